The van der Waals surface area contributed by atoms with E-state index in [0.717, 1.165) is 6.07 Å². The third-order valence-corrected chi connectivity index (χ3v) is 8.11. The zero-order valence-corrected chi connectivity index (χ0v) is 25.0. The molecule has 1 aromatic heterocycles. The Bertz CT molecular complexity index is 1370. The summed E-state index contributed by atoms with van der Waals surface area (Å²) in [5.41, 5.74) is 1.17. The molecule has 1 aliphatic heterocycles. The molecule has 0 amide bonds. The van der Waals surface area contributed by atoms with Gasteiger partial charge in [-0.1, -0.05) is 24.2 Å². The molecule has 2 heterocycles. The Balaban J connectivity index is 1.71. The third-order valence-electron chi connectivity index (χ3n) is 5.70. The van der Waals surface area contributed by atoms with Gasteiger partial charge in [-0.2, -0.15) is 0 Å². The van der Waals surface area contributed by atoms with E-state index in [1.807, 2.05) is 0 Å². The van der Waals surface area contributed by atoms with E-state index in [9.17, 15) is 17.6 Å². The van der Waals surface area contributed by atoms with Crippen LogP contribution in [0.4, 0.5) is 4.39 Å². The van der Waals surface area contributed by atoms with Gasteiger partial charge < -0.3 is 24.3 Å². The van der Waals surface area contributed by atoms with E-state index in [2.05, 4.69) is 26.6 Å². The average Bonchev–Trinajstić information content (AvgIpc) is 3.47. The highest BCUT2D eigenvalue weighted by Gasteiger charge is 2.33. The van der Waals surface area contributed by atoms with Gasteiger partial charge in [-0.15, -0.1) is 11.3 Å². The molecule has 1 atom stereocenters. The smallest absolute Gasteiger partial charge is 0.338 e. The van der Waals surface area contributed by atoms with Crippen molar-refractivity contribution < 1.29 is 36.6 Å². The number of carbonyl (C=O) groups is 1. The number of thiazole rings is 1. The number of aromatic nitrogens is 1. The summed E-state index contributed by atoms with van der Waals surface area (Å²) >= 11 is 7.68. The van der Waals surface area contributed by atoms with Gasteiger partial charge in [-0.3, -0.25) is 9.71 Å². The lowest BCUT2D eigenvalue weighted by molar-refractivity contribution is -0.136. The summed E-state index contributed by atoms with van der Waals surface area (Å²) < 4.78 is 61.8. The van der Waals surface area contributed by atoms with Crippen LogP contribution in [0.3, 0.4) is 0 Å². The Hall–Kier alpha value is -2.88. The lowest BCUT2D eigenvalue weighted by Crippen LogP contribution is -2.34. The van der Waals surface area contributed by atoms with Gasteiger partial charge in [-0.05, 0) is 25.0 Å². The van der Waals surface area contributed by atoms with E-state index >= 15 is 0 Å². The Labute approximate surface area is 247 Å². The molecule has 0 saturated heterocycles. The molecule has 1 aromatic carbocycles. The fourth-order valence-electron chi connectivity index (χ4n) is 3.77. The van der Waals surface area contributed by atoms with Crippen LogP contribution in [-0.2, 0) is 33.8 Å². The van der Waals surface area contributed by atoms with Crippen LogP contribution in [-0.4, -0.2) is 78.2 Å². The molecule has 0 radical (unpaired) electrons. The van der Waals surface area contributed by atoms with Crippen LogP contribution in [0.15, 0.2) is 58.3 Å². The van der Waals surface area contributed by atoms with Gasteiger partial charge in [0.15, 0.2) is 10.8 Å². The molecule has 3 rings (SSSR count). The number of nitrogens with one attached hydrogen (secondary N) is 2. The number of benzene rings is 1. The van der Waals surface area contributed by atoms with E-state index in [4.69, 9.17) is 30.5 Å². The maximum Gasteiger partial charge on any atom is 0.338 e. The third kappa shape index (κ3) is 9.87. The van der Waals surface area contributed by atoms with Crippen LogP contribution in [0.5, 0.6) is 0 Å². The van der Waals surface area contributed by atoms with Crippen molar-refractivity contribution in [3.63, 3.8) is 0 Å². The first-order valence-corrected chi connectivity index (χ1v) is 15.4. The maximum atomic E-state index is 13.8. The number of halogens is 2. The molecule has 0 spiro atoms. The molecule has 15 heteroatoms. The van der Waals surface area contributed by atoms with Crippen LogP contribution in [0.1, 0.15) is 29.5 Å². The minimum atomic E-state index is -3.73. The molecule has 41 heavy (non-hydrogen) atoms. The van der Waals surface area contributed by atoms with Gasteiger partial charge in [0.2, 0.25) is 10.0 Å². The van der Waals surface area contributed by atoms with Crippen LogP contribution in [0.25, 0.3) is 0 Å². The summed E-state index contributed by atoms with van der Waals surface area (Å²) in [6.45, 7) is 5.28. The molecule has 0 saturated carbocycles. The minimum absolute atomic E-state index is 0.0246. The molecule has 1 unspecified atom stereocenters. The van der Waals surface area contributed by atoms with Crippen molar-refractivity contribution >= 4 is 44.8 Å². The molecular formula is C26H32ClFN4O7S2. The van der Waals surface area contributed by atoms with Gasteiger partial charge in [0.1, 0.15) is 11.9 Å². The van der Waals surface area contributed by atoms with Gasteiger partial charge in [0, 0.05) is 40.7 Å². The fraction of sp³-hybridized carbons (Fsp3) is 0.423. The lowest BCUT2D eigenvalue weighted by Gasteiger charge is -2.27. The number of esters is 1. The molecule has 0 aliphatic carbocycles. The summed E-state index contributed by atoms with van der Waals surface area (Å²) in [5, 5.41) is 5.55. The van der Waals surface area contributed by atoms with Crippen LogP contribution >= 0.6 is 22.9 Å². The van der Waals surface area contributed by atoms with Gasteiger partial charge in [-0.25, -0.2) is 22.6 Å². The Morgan fingerprint density at radius 1 is 1.20 bits per heavy atom. The summed E-state index contributed by atoms with van der Waals surface area (Å²) in [5.74, 6) is -1.10. The number of hydrogen-bond acceptors (Lipinski definition) is 11. The van der Waals surface area contributed by atoms with Crippen molar-refractivity contribution in [2.45, 2.75) is 18.9 Å². The standard InChI is InChI=1S/C26H32ClFN4O7S2/c1-17(32-41(34,35)15-13-39-12-11-38-10-9-36-2)4-7-21-22(26(33)37-3)23(19-6-5-18(28)16-20(19)27)31-24(30-21)25-29-8-14-40-25/h5-6,8,14,16,23,32H,1,4,7,9-13,15H2,2-3H3,(H,30,31). The molecule has 224 valence electrons. The largest absolute Gasteiger partial charge is 0.466 e. The predicted molar refractivity (Wildman–Crippen MR) is 154 cm³/mol. The van der Waals surface area contributed by atoms with Crippen molar-refractivity contribution in [2.24, 2.45) is 4.99 Å². The first-order chi connectivity index (χ1) is 19.6. The average molecular weight is 631 g/mol. The second-order valence-corrected chi connectivity index (χ2v) is 11.8. The molecule has 2 aromatic rings. The summed E-state index contributed by atoms with van der Waals surface area (Å²) in [7, 11) is -0.924. The number of rotatable bonds is 17. The van der Waals surface area contributed by atoms with Gasteiger partial charge in [0.25, 0.3) is 0 Å². The topological polar surface area (TPSA) is 137 Å². The first kappa shape index (κ1) is 32.6. The highest BCUT2D eigenvalue weighted by Crippen LogP contribution is 2.37. The number of hydrogen-bond donors (Lipinski definition) is 2. The fourth-order valence-corrected chi connectivity index (χ4v) is 5.61. The molecule has 0 fully saturated rings. The van der Waals surface area contributed by atoms with Crippen LogP contribution < -0.4 is 10.0 Å². The van der Waals surface area contributed by atoms with Crippen molar-refractivity contribution in [1.29, 1.82) is 0 Å². The molecular weight excluding hydrogens is 599 g/mol. The van der Waals surface area contributed by atoms with Crippen LogP contribution in [0.2, 0.25) is 5.02 Å². The van der Waals surface area contributed by atoms with E-state index in [-0.39, 0.29) is 48.1 Å². The van der Waals surface area contributed by atoms with Gasteiger partial charge in [0.05, 0.1) is 51.5 Å². The van der Waals surface area contributed by atoms with Crippen molar-refractivity contribution in [3.05, 3.63) is 74.7 Å². The minimum Gasteiger partial charge on any atom is -0.466 e. The normalized spacial score (nSPS) is 15.3. The van der Waals surface area contributed by atoms with E-state index in [0.29, 0.717) is 41.9 Å². The second kappa shape index (κ2) is 15.9. The van der Waals surface area contributed by atoms with E-state index in [1.165, 1.54) is 30.6 Å². The number of amidine groups is 1. The van der Waals surface area contributed by atoms with E-state index < -0.39 is 27.9 Å². The van der Waals surface area contributed by atoms with Gasteiger partial charge >= 0.3 is 5.97 Å². The summed E-state index contributed by atoms with van der Waals surface area (Å²) in [4.78, 5) is 21.9. The number of carbonyl (C=O) groups excluding carboxylic acids is 1. The molecule has 11 nitrogen and oxygen atoms in total. The highest BCUT2D eigenvalue weighted by atomic mass is 35.5. The Kier molecular flexibility index (Phi) is 12.7. The molecule has 0 bridgehead atoms. The van der Waals surface area contributed by atoms with E-state index in [1.54, 1.807) is 18.7 Å². The second-order valence-electron chi connectivity index (χ2n) is 8.63. The maximum absolute atomic E-state index is 13.8. The summed E-state index contributed by atoms with van der Waals surface area (Å²) in [6, 6.07) is 2.90. The lowest BCUT2D eigenvalue weighted by atomic mass is 9.93. The Morgan fingerprint density at radius 3 is 2.59 bits per heavy atom. The number of sulfonamides is 1. The molecule has 2 N–H and O–H groups in total. The number of ether oxygens (including phenoxy) is 4. The predicted octanol–water partition coefficient (Wildman–Crippen LogP) is 3.35. The number of allylic oxidation sites excluding steroid dienone is 2. The first-order valence-electron chi connectivity index (χ1n) is 12.5. The number of methoxy groups -OCH3 is 2. The SMILES string of the molecule is C=C(CCC1=C(C(=O)OC)C(c2ccc(F)cc2Cl)N=C(c2nccs2)N1)NS(=O)(=O)CCOCCOCCOC. The molecule has 1 aliphatic rings. The van der Waals surface area contributed by atoms with Crippen molar-refractivity contribution in [1.82, 2.24) is 15.0 Å². The number of aliphatic imine (C=N–C) groups is 1. The highest BCUT2D eigenvalue weighted by molar-refractivity contribution is 7.89. The van der Waals surface area contributed by atoms with Crippen molar-refractivity contribution in [3.8, 4) is 0 Å². The van der Waals surface area contributed by atoms with Crippen LogP contribution in [0, 0.1) is 5.82 Å². The Morgan fingerprint density at radius 2 is 1.93 bits per heavy atom. The monoisotopic (exact) mass is 630 g/mol. The number of nitrogens with zero attached hydrogens (tertiary/aromatic N) is 2. The zero-order valence-electron chi connectivity index (χ0n) is 22.7. The quantitative estimate of drug-likeness (QED) is 0.199. The van der Waals surface area contributed by atoms with Crippen molar-refractivity contribution in [2.75, 3.05) is 53.0 Å². The summed E-state index contributed by atoms with van der Waals surface area (Å²) in [6.07, 6.45) is 1.92. The zero-order chi connectivity index (χ0) is 29.8.